The lowest BCUT2D eigenvalue weighted by Crippen LogP contribution is -2.40. The minimum atomic E-state index is -0.710. The molecule has 5 nitrogen and oxygen atoms in total. The Hall–Kier alpha value is -2.50. The van der Waals surface area contributed by atoms with E-state index in [0.29, 0.717) is 0 Å². The number of amides is 1. The Morgan fingerprint density at radius 1 is 1.09 bits per heavy atom. The van der Waals surface area contributed by atoms with Gasteiger partial charge >= 0.3 is 0 Å². The lowest BCUT2D eigenvalue weighted by molar-refractivity contribution is -0.141. The molecule has 168 valence electrons. The number of ether oxygens (including phenoxy) is 1. The van der Waals surface area contributed by atoms with Crippen molar-refractivity contribution >= 4 is 40.7 Å². The average molecular weight is 474 g/mol. The Morgan fingerprint density at radius 2 is 1.81 bits per heavy atom. The van der Waals surface area contributed by atoms with Crippen LogP contribution in [0, 0.1) is 6.92 Å². The first-order valence-corrected chi connectivity index (χ1v) is 11.5. The van der Waals surface area contributed by atoms with Gasteiger partial charge in [-0.05, 0) is 37.5 Å². The van der Waals surface area contributed by atoms with Crippen LogP contribution in [0.5, 0.6) is 5.75 Å². The van der Waals surface area contributed by atoms with Gasteiger partial charge in [-0.2, -0.15) is 0 Å². The van der Waals surface area contributed by atoms with E-state index in [1.807, 2.05) is 31.2 Å². The highest BCUT2D eigenvalue weighted by atomic mass is 35.5. The predicted molar refractivity (Wildman–Crippen MR) is 125 cm³/mol. The van der Waals surface area contributed by atoms with Crippen LogP contribution < -0.4 is 4.74 Å². The molecule has 1 atom stereocenters. The van der Waals surface area contributed by atoms with E-state index in [1.165, 1.54) is 19.2 Å². The molecule has 0 spiro atoms. The summed E-state index contributed by atoms with van der Waals surface area (Å²) in [6.07, 6.45) is 4.80. The van der Waals surface area contributed by atoms with Crippen LogP contribution >= 0.6 is 23.2 Å². The van der Waals surface area contributed by atoms with Crippen LogP contribution in [0.1, 0.15) is 54.8 Å². The Kier molecular flexibility index (Phi) is 6.50. The largest absolute Gasteiger partial charge is 0.507 e. The first kappa shape index (κ1) is 22.7. The average Bonchev–Trinajstić information content (AvgIpc) is 3.04. The summed E-state index contributed by atoms with van der Waals surface area (Å²) in [7, 11) is 1.42. The molecule has 1 aliphatic heterocycles. The molecule has 32 heavy (non-hydrogen) atoms. The molecule has 4 rings (SSSR count). The number of hydrogen-bond donors (Lipinski definition) is 1. The number of aliphatic hydroxyl groups is 1. The number of methoxy groups -OCH3 is 1. The minimum absolute atomic E-state index is 0.0304. The van der Waals surface area contributed by atoms with Crippen molar-refractivity contribution in [1.29, 1.82) is 0 Å². The standard InChI is InChI=1S/C25H25Cl2NO4/c1-14-7-6-8-15(11-14)21-20(22(29)18-12-16(26)13-19(27)24(18)32-2)23(30)25(31)28(21)17-9-4-3-5-10-17/h6-8,11-13,17,21,29H,3-5,9-10H2,1-2H3/b22-20+. The van der Waals surface area contributed by atoms with E-state index in [1.54, 1.807) is 4.90 Å². The summed E-state index contributed by atoms with van der Waals surface area (Å²) in [6.45, 7) is 1.95. The number of rotatable bonds is 4. The number of benzene rings is 2. The highest BCUT2D eigenvalue weighted by Crippen LogP contribution is 2.45. The van der Waals surface area contributed by atoms with Crippen molar-refractivity contribution in [2.75, 3.05) is 7.11 Å². The zero-order chi connectivity index (χ0) is 23.0. The third-order valence-electron chi connectivity index (χ3n) is 6.27. The fourth-order valence-corrected chi connectivity index (χ4v) is 5.41. The van der Waals surface area contributed by atoms with Gasteiger partial charge in [0.2, 0.25) is 0 Å². The summed E-state index contributed by atoms with van der Waals surface area (Å²) in [5, 5.41) is 11.9. The highest BCUT2D eigenvalue weighted by molar-refractivity contribution is 6.47. The molecule has 1 unspecified atom stereocenters. The maximum Gasteiger partial charge on any atom is 0.295 e. The van der Waals surface area contributed by atoms with Gasteiger partial charge in [0.05, 0.1) is 29.3 Å². The van der Waals surface area contributed by atoms with Gasteiger partial charge in [0.25, 0.3) is 11.7 Å². The summed E-state index contributed by atoms with van der Waals surface area (Å²) >= 11 is 12.5. The van der Waals surface area contributed by atoms with Crippen LogP contribution in [0.2, 0.25) is 10.0 Å². The molecule has 1 saturated heterocycles. The van der Waals surface area contributed by atoms with Gasteiger partial charge in [-0.1, -0.05) is 72.3 Å². The number of likely N-dealkylation sites (tertiary alicyclic amines) is 1. The van der Waals surface area contributed by atoms with Crippen LogP contribution in [0.4, 0.5) is 0 Å². The van der Waals surface area contributed by atoms with Gasteiger partial charge in [-0.15, -0.1) is 0 Å². The minimum Gasteiger partial charge on any atom is -0.507 e. The summed E-state index contributed by atoms with van der Waals surface area (Å²) in [6, 6.07) is 9.91. The third-order valence-corrected chi connectivity index (χ3v) is 6.77. The smallest absolute Gasteiger partial charge is 0.295 e. The molecule has 2 aromatic carbocycles. The second-order valence-corrected chi connectivity index (χ2v) is 9.22. The third kappa shape index (κ3) is 4.00. The number of carbonyl (C=O) groups excluding carboxylic acids is 2. The molecule has 0 bridgehead atoms. The van der Waals surface area contributed by atoms with Gasteiger partial charge in [-0.25, -0.2) is 0 Å². The molecular weight excluding hydrogens is 449 g/mol. The topological polar surface area (TPSA) is 66.8 Å². The molecule has 7 heteroatoms. The number of hydrogen-bond acceptors (Lipinski definition) is 4. The maximum atomic E-state index is 13.3. The number of ketones is 1. The van der Waals surface area contributed by atoms with Crippen molar-refractivity contribution in [2.24, 2.45) is 0 Å². The van der Waals surface area contributed by atoms with Crippen LogP contribution in [0.15, 0.2) is 42.0 Å². The Balaban J connectivity index is 1.95. The second kappa shape index (κ2) is 9.16. The molecule has 0 aromatic heterocycles. The SMILES string of the molecule is COc1c(Cl)cc(Cl)cc1/C(O)=C1\C(=O)C(=O)N(C2CCCCC2)C1c1cccc(C)c1. The fraction of sp³-hybridized carbons (Fsp3) is 0.360. The molecule has 2 fully saturated rings. The lowest BCUT2D eigenvalue weighted by atomic mass is 9.90. The van der Waals surface area contributed by atoms with Gasteiger partial charge in [0.1, 0.15) is 11.5 Å². The fourth-order valence-electron chi connectivity index (χ4n) is 4.84. The zero-order valence-corrected chi connectivity index (χ0v) is 19.5. The second-order valence-electron chi connectivity index (χ2n) is 8.38. The number of aryl methyl sites for hydroxylation is 1. The van der Waals surface area contributed by atoms with Gasteiger partial charge in [0.15, 0.2) is 0 Å². The molecule has 1 heterocycles. The van der Waals surface area contributed by atoms with E-state index < -0.39 is 17.7 Å². The van der Waals surface area contributed by atoms with Crippen LogP contribution in [-0.2, 0) is 9.59 Å². The highest BCUT2D eigenvalue weighted by Gasteiger charge is 2.49. The number of halogens is 2. The van der Waals surface area contributed by atoms with Gasteiger partial charge in [0, 0.05) is 11.1 Å². The lowest BCUT2D eigenvalue weighted by Gasteiger charge is -2.35. The van der Waals surface area contributed by atoms with Crippen LogP contribution in [0.25, 0.3) is 5.76 Å². The van der Waals surface area contributed by atoms with E-state index in [2.05, 4.69) is 0 Å². The molecule has 0 radical (unpaired) electrons. The van der Waals surface area contributed by atoms with Crippen molar-refractivity contribution < 1.29 is 19.4 Å². The van der Waals surface area contributed by atoms with Crippen molar-refractivity contribution in [3.8, 4) is 5.75 Å². The summed E-state index contributed by atoms with van der Waals surface area (Å²) < 4.78 is 5.38. The predicted octanol–water partition coefficient (Wildman–Crippen LogP) is 6.06. The molecule has 2 aliphatic rings. The molecule has 1 N–H and O–H groups in total. The number of Topliss-reactive ketones (excluding diaryl/α,β-unsaturated/α-hetero) is 1. The van der Waals surface area contributed by atoms with Crippen LogP contribution in [0.3, 0.4) is 0 Å². The van der Waals surface area contributed by atoms with Crippen molar-refractivity contribution in [1.82, 2.24) is 4.90 Å². The Labute approximate surface area is 197 Å². The van der Waals surface area contributed by atoms with Crippen LogP contribution in [-0.4, -0.2) is 34.8 Å². The summed E-state index contributed by atoms with van der Waals surface area (Å²) in [4.78, 5) is 28.2. The maximum absolute atomic E-state index is 13.3. The van der Waals surface area contributed by atoms with E-state index in [4.69, 9.17) is 27.9 Å². The number of aliphatic hydroxyl groups excluding tert-OH is 1. The quantitative estimate of drug-likeness (QED) is 0.332. The van der Waals surface area contributed by atoms with Crippen molar-refractivity contribution in [3.05, 3.63) is 68.7 Å². The normalized spacial score (nSPS) is 21.2. The summed E-state index contributed by atoms with van der Waals surface area (Å²) in [5.74, 6) is -1.44. The Bertz CT molecular complexity index is 1110. The molecule has 1 aliphatic carbocycles. The van der Waals surface area contributed by atoms with Gasteiger partial charge in [-0.3, -0.25) is 9.59 Å². The van der Waals surface area contributed by atoms with E-state index >= 15 is 0 Å². The Morgan fingerprint density at radius 3 is 2.47 bits per heavy atom. The molecular formula is C25H25Cl2NO4. The first-order chi connectivity index (χ1) is 15.3. The van der Waals surface area contributed by atoms with Gasteiger partial charge < -0.3 is 14.7 Å². The zero-order valence-electron chi connectivity index (χ0n) is 18.0. The number of nitrogens with zero attached hydrogens (tertiary/aromatic N) is 1. The molecule has 2 aromatic rings. The number of carbonyl (C=O) groups is 2. The van der Waals surface area contributed by atoms with E-state index in [9.17, 15) is 14.7 Å². The molecule has 1 amide bonds. The van der Waals surface area contributed by atoms with Crippen molar-refractivity contribution in [2.45, 2.75) is 51.1 Å². The molecule has 1 saturated carbocycles. The summed E-state index contributed by atoms with van der Waals surface area (Å²) in [5.41, 5.74) is 2.00. The van der Waals surface area contributed by atoms with E-state index in [-0.39, 0.29) is 38.7 Å². The van der Waals surface area contributed by atoms with E-state index in [0.717, 1.165) is 43.2 Å². The van der Waals surface area contributed by atoms with Crippen molar-refractivity contribution in [3.63, 3.8) is 0 Å². The first-order valence-electron chi connectivity index (χ1n) is 10.7. The monoisotopic (exact) mass is 473 g/mol.